The lowest BCUT2D eigenvalue weighted by Crippen LogP contribution is -2.23. The van der Waals surface area contributed by atoms with Crippen LogP contribution in [0.5, 0.6) is 11.5 Å². The summed E-state index contributed by atoms with van der Waals surface area (Å²) in [5.74, 6) is 2.14. The molecule has 4 nitrogen and oxygen atoms in total. The lowest BCUT2D eigenvalue weighted by atomic mass is 10.0. The Morgan fingerprint density at radius 2 is 2.15 bits per heavy atom. The predicted octanol–water partition coefficient (Wildman–Crippen LogP) is 2.72. The third-order valence-corrected chi connectivity index (χ3v) is 4.12. The van der Waals surface area contributed by atoms with Gasteiger partial charge in [0.25, 0.3) is 0 Å². The highest BCUT2D eigenvalue weighted by Crippen LogP contribution is 2.38. The number of halogens is 1. The zero-order valence-corrected chi connectivity index (χ0v) is 13.4. The smallest absolute Gasteiger partial charge is 0.175 e. The second-order valence-corrected chi connectivity index (χ2v) is 5.87. The highest BCUT2D eigenvalue weighted by molar-refractivity contribution is 9.10. The van der Waals surface area contributed by atoms with Gasteiger partial charge in [0.15, 0.2) is 11.5 Å². The SMILES string of the molecule is CCC(CCO)CNCc1cc(Br)c2c(c1)OCCO2. The standard InChI is InChI=1S/C15H22BrNO3/c1-2-11(3-4-18)9-17-10-12-7-13(16)15-14(8-12)19-5-6-20-15/h7-8,11,17-18H,2-6,9-10H2,1H3. The Morgan fingerprint density at radius 1 is 1.35 bits per heavy atom. The number of aliphatic hydroxyl groups excluding tert-OH is 1. The summed E-state index contributed by atoms with van der Waals surface area (Å²) in [6.45, 7) is 5.33. The molecule has 0 spiro atoms. The van der Waals surface area contributed by atoms with Gasteiger partial charge < -0.3 is 19.9 Å². The summed E-state index contributed by atoms with van der Waals surface area (Å²) in [6, 6.07) is 4.09. The minimum absolute atomic E-state index is 0.260. The molecule has 1 aromatic rings. The van der Waals surface area contributed by atoms with E-state index >= 15 is 0 Å². The summed E-state index contributed by atoms with van der Waals surface area (Å²) < 4.78 is 12.1. The van der Waals surface area contributed by atoms with Gasteiger partial charge in [0, 0.05) is 13.2 Å². The van der Waals surface area contributed by atoms with Crippen molar-refractivity contribution < 1.29 is 14.6 Å². The Hall–Kier alpha value is -0.780. The fourth-order valence-electron chi connectivity index (χ4n) is 2.32. The maximum absolute atomic E-state index is 8.99. The summed E-state index contributed by atoms with van der Waals surface area (Å²) in [4.78, 5) is 0. The van der Waals surface area contributed by atoms with Crippen LogP contribution < -0.4 is 14.8 Å². The molecule has 1 unspecified atom stereocenters. The zero-order chi connectivity index (χ0) is 14.4. The Morgan fingerprint density at radius 3 is 2.90 bits per heavy atom. The van der Waals surface area contributed by atoms with Gasteiger partial charge in [-0.05, 0) is 52.5 Å². The third kappa shape index (κ3) is 4.11. The van der Waals surface area contributed by atoms with E-state index in [1.165, 1.54) is 5.56 Å². The number of fused-ring (bicyclic) bond motifs is 1. The maximum atomic E-state index is 8.99. The van der Waals surface area contributed by atoms with Crippen molar-refractivity contribution in [3.63, 3.8) is 0 Å². The first-order valence-corrected chi connectivity index (χ1v) is 7.93. The molecule has 0 amide bonds. The van der Waals surface area contributed by atoms with Crippen LogP contribution >= 0.6 is 15.9 Å². The van der Waals surface area contributed by atoms with Gasteiger partial charge in [0.1, 0.15) is 13.2 Å². The molecule has 0 saturated heterocycles. The van der Waals surface area contributed by atoms with E-state index in [0.717, 1.165) is 41.9 Å². The second kappa shape index (κ2) is 7.86. The van der Waals surface area contributed by atoms with Gasteiger partial charge in [0.2, 0.25) is 0 Å². The van der Waals surface area contributed by atoms with Crippen molar-refractivity contribution in [3.8, 4) is 11.5 Å². The average Bonchev–Trinajstić information content (AvgIpc) is 2.46. The van der Waals surface area contributed by atoms with Gasteiger partial charge in [-0.25, -0.2) is 0 Å². The Bertz CT molecular complexity index is 439. The number of ether oxygens (including phenoxy) is 2. The number of nitrogens with one attached hydrogen (secondary N) is 1. The Balaban J connectivity index is 1.91. The van der Waals surface area contributed by atoms with Gasteiger partial charge in [-0.15, -0.1) is 0 Å². The summed E-state index contributed by atoms with van der Waals surface area (Å²) in [5.41, 5.74) is 1.17. The molecule has 1 heterocycles. The Kier molecular flexibility index (Phi) is 6.13. The van der Waals surface area contributed by atoms with Crippen LogP contribution in [0, 0.1) is 5.92 Å². The minimum atomic E-state index is 0.260. The van der Waals surface area contributed by atoms with Gasteiger partial charge in [-0.1, -0.05) is 13.3 Å². The predicted molar refractivity (Wildman–Crippen MR) is 82.3 cm³/mol. The topological polar surface area (TPSA) is 50.7 Å². The van der Waals surface area contributed by atoms with E-state index in [-0.39, 0.29) is 6.61 Å². The molecule has 20 heavy (non-hydrogen) atoms. The summed E-state index contributed by atoms with van der Waals surface area (Å²) in [5, 5.41) is 12.4. The molecule has 0 aliphatic carbocycles. The number of hydrogen-bond acceptors (Lipinski definition) is 4. The molecular weight excluding hydrogens is 322 g/mol. The van der Waals surface area contributed by atoms with Crippen molar-refractivity contribution in [1.82, 2.24) is 5.32 Å². The quantitative estimate of drug-likeness (QED) is 0.799. The van der Waals surface area contributed by atoms with Crippen LogP contribution in [0.2, 0.25) is 0 Å². The second-order valence-electron chi connectivity index (χ2n) is 5.02. The van der Waals surface area contributed by atoms with Crippen molar-refractivity contribution in [1.29, 1.82) is 0 Å². The lowest BCUT2D eigenvalue weighted by molar-refractivity contribution is 0.170. The molecular formula is C15H22BrNO3. The van der Waals surface area contributed by atoms with Crippen molar-refractivity contribution >= 4 is 15.9 Å². The molecule has 2 N–H and O–H groups in total. The van der Waals surface area contributed by atoms with E-state index in [9.17, 15) is 0 Å². The normalized spacial score (nSPS) is 15.2. The summed E-state index contributed by atoms with van der Waals surface area (Å²) in [6.07, 6.45) is 1.94. The zero-order valence-electron chi connectivity index (χ0n) is 11.8. The van der Waals surface area contributed by atoms with Crippen molar-refractivity contribution in [3.05, 3.63) is 22.2 Å². The van der Waals surface area contributed by atoms with Crippen molar-refractivity contribution in [2.24, 2.45) is 5.92 Å². The van der Waals surface area contributed by atoms with Crippen LogP contribution in [0.3, 0.4) is 0 Å². The van der Waals surface area contributed by atoms with E-state index in [0.29, 0.717) is 19.1 Å². The van der Waals surface area contributed by atoms with E-state index in [1.54, 1.807) is 0 Å². The molecule has 0 fully saturated rings. The number of hydrogen-bond donors (Lipinski definition) is 2. The van der Waals surface area contributed by atoms with Crippen LogP contribution in [0.4, 0.5) is 0 Å². The van der Waals surface area contributed by atoms with Gasteiger partial charge in [0.05, 0.1) is 4.47 Å². The molecule has 0 radical (unpaired) electrons. The van der Waals surface area contributed by atoms with Crippen LogP contribution in [0.1, 0.15) is 25.3 Å². The highest BCUT2D eigenvalue weighted by Gasteiger charge is 2.16. The monoisotopic (exact) mass is 343 g/mol. The first kappa shape index (κ1) is 15.6. The first-order valence-electron chi connectivity index (χ1n) is 7.14. The number of benzene rings is 1. The summed E-state index contributed by atoms with van der Waals surface area (Å²) in [7, 11) is 0. The molecule has 1 aromatic carbocycles. The minimum Gasteiger partial charge on any atom is -0.486 e. The maximum Gasteiger partial charge on any atom is 0.175 e. The number of rotatable bonds is 7. The van der Waals surface area contributed by atoms with Gasteiger partial charge >= 0.3 is 0 Å². The van der Waals surface area contributed by atoms with Gasteiger partial charge in [-0.2, -0.15) is 0 Å². The molecule has 0 aromatic heterocycles. The third-order valence-electron chi connectivity index (χ3n) is 3.53. The molecule has 2 rings (SSSR count). The summed E-state index contributed by atoms with van der Waals surface area (Å²) >= 11 is 3.53. The molecule has 1 aliphatic rings. The molecule has 5 heteroatoms. The fraction of sp³-hybridized carbons (Fsp3) is 0.600. The molecule has 112 valence electrons. The van der Waals surface area contributed by atoms with Crippen LogP contribution in [-0.4, -0.2) is 31.5 Å². The molecule has 0 saturated carbocycles. The highest BCUT2D eigenvalue weighted by atomic mass is 79.9. The molecule has 0 bridgehead atoms. The van der Waals surface area contributed by atoms with Crippen LogP contribution in [0.25, 0.3) is 0 Å². The first-order chi connectivity index (χ1) is 9.74. The molecule has 1 aliphatic heterocycles. The Labute approximate surface area is 128 Å². The number of aliphatic hydroxyl groups is 1. The van der Waals surface area contributed by atoms with E-state index < -0.39 is 0 Å². The largest absolute Gasteiger partial charge is 0.486 e. The van der Waals surface area contributed by atoms with Crippen molar-refractivity contribution in [2.45, 2.75) is 26.3 Å². The van der Waals surface area contributed by atoms with Crippen LogP contribution in [0.15, 0.2) is 16.6 Å². The van der Waals surface area contributed by atoms with Crippen molar-refractivity contribution in [2.75, 3.05) is 26.4 Å². The van der Waals surface area contributed by atoms with E-state index in [2.05, 4.69) is 34.2 Å². The van der Waals surface area contributed by atoms with Crippen LogP contribution in [-0.2, 0) is 6.54 Å². The van der Waals surface area contributed by atoms with Gasteiger partial charge in [-0.3, -0.25) is 0 Å². The van der Waals surface area contributed by atoms with E-state index in [4.69, 9.17) is 14.6 Å². The average molecular weight is 344 g/mol. The fourth-order valence-corrected chi connectivity index (χ4v) is 2.92. The molecule has 1 atom stereocenters. The van der Waals surface area contributed by atoms with E-state index in [1.807, 2.05) is 6.07 Å². The lowest BCUT2D eigenvalue weighted by Gasteiger charge is -2.21.